The van der Waals surface area contributed by atoms with E-state index in [0.29, 0.717) is 0 Å². The summed E-state index contributed by atoms with van der Waals surface area (Å²) in [6.45, 7) is 2.07. The number of benzene rings is 1. The van der Waals surface area contributed by atoms with Gasteiger partial charge in [0.15, 0.2) is 6.19 Å². The first kappa shape index (κ1) is 11.0. The number of halogens is 1. The van der Waals surface area contributed by atoms with Gasteiger partial charge in [0.25, 0.3) is 0 Å². The number of anilines is 1. The molecule has 1 heterocycles. The number of rotatable bonds is 2. The number of allylic oxidation sites excluding steroid dienone is 1. The molecule has 1 aromatic carbocycles. The zero-order valence-corrected chi connectivity index (χ0v) is 9.72. The summed E-state index contributed by atoms with van der Waals surface area (Å²) in [4.78, 5) is 2.37. The molecule has 1 aromatic rings. The molecule has 0 unspecified atom stereocenters. The van der Waals surface area contributed by atoms with Crippen molar-refractivity contribution in [2.75, 3.05) is 4.90 Å². The molecular weight excluding hydrogens is 223 g/mol. The maximum Gasteiger partial charge on any atom is 0.189 e. The minimum absolute atomic E-state index is 0.267. The van der Waals surface area contributed by atoms with Gasteiger partial charge in [-0.25, -0.2) is 4.39 Å². The Morgan fingerprint density at radius 2 is 2.31 bits per heavy atom. The molecule has 82 valence electrons. The van der Waals surface area contributed by atoms with E-state index in [4.69, 9.17) is 5.26 Å². The van der Waals surface area contributed by atoms with Crippen molar-refractivity contribution < 1.29 is 4.39 Å². The fourth-order valence-electron chi connectivity index (χ4n) is 1.65. The monoisotopic (exact) mass is 234 g/mol. The van der Waals surface area contributed by atoms with Crippen LogP contribution in [0, 0.1) is 17.3 Å². The summed E-state index contributed by atoms with van der Waals surface area (Å²) < 4.78 is 13.0. The molecule has 0 amide bonds. The molecule has 0 aromatic heterocycles. The zero-order valence-electron chi connectivity index (χ0n) is 8.90. The molecule has 0 aliphatic carbocycles. The van der Waals surface area contributed by atoms with Crippen molar-refractivity contribution >= 4 is 17.4 Å². The van der Waals surface area contributed by atoms with Crippen LogP contribution in [-0.4, -0.2) is 0 Å². The van der Waals surface area contributed by atoms with Crippen LogP contribution in [0.5, 0.6) is 0 Å². The molecule has 1 aliphatic rings. The predicted molar refractivity (Wildman–Crippen MR) is 63.3 cm³/mol. The van der Waals surface area contributed by atoms with Gasteiger partial charge in [0, 0.05) is 10.6 Å². The van der Waals surface area contributed by atoms with Crippen molar-refractivity contribution in [3.05, 3.63) is 35.1 Å². The van der Waals surface area contributed by atoms with Gasteiger partial charge in [-0.15, -0.1) is 0 Å². The van der Waals surface area contributed by atoms with Crippen LogP contribution in [0.4, 0.5) is 10.1 Å². The van der Waals surface area contributed by atoms with Crippen molar-refractivity contribution in [2.45, 2.75) is 24.7 Å². The van der Waals surface area contributed by atoms with E-state index in [1.165, 1.54) is 23.9 Å². The third-order valence-electron chi connectivity index (χ3n) is 2.38. The van der Waals surface area contributed by atoms with E-state index in [0.717, 1.165) is 29.1 Å². The highest BCUT2D eigenvalue weighted by Crippen LogP contribution is 2.39. The maximum atomic E-state index is 13.0. The van der Waals surface area contributed by atoms with Gasteiger partial charge in [0.1, 0.15) is 5.82 Å². The number of nitrogens with zero attached hydrogens (tertiary/aromatic N) is 2. The first-order valence-electron chi connectivity index (χ1n) is 5.11. The molecule has 2 nitrogen and oxygen atoms in total. The van der Waals surface area contributed by atoms with E-state index in [1.807, 2.05) is 5.41 Å². The molecular formula is C12H11FN2S. The fraction of sp³-hybridized carbons (Fsp3) is 0.250. The second-order valence-electron chi connectivity index (χ2n) is 3.52. The largest absolute Gasteiger partial charge is 0.250 e. The Hall–Kier alpha value is -1.47. The van der Waals surface area contributed by atoms with Crippen molar-refractivity contribution in [1.29, 1.82) is 5.26 Å². The average Bonchev–Trinajstić information content (AvgIpc) is 2.29. The van der Waals surface area contributed by atoms with Gasteiger partial charge < -0.3 is 0 Å². The summed E-state index contributed by atoms with van der Waals surface area (Å²) in [6.07, 6.45) is 3.99. The summed E-state index contributed by atoms with van der Waals surface area (Å²) in [5.74, 6) is -0.267. The number of nitriles is 1. The van der Waals surface area contributed by atoms with Crippen LogP contribution in [0.2, 0.25) is 0 Å². The van der Waals surface area contributed by atoms with Gasteiger partial charge in [-0.05, 0) is 30.0 Å². The highest BCUT2D eigenvalue weighted by molar-refractivity contribution is 8.02. The normalized spacial score (nSPS) is 14.1. The summed E-state index contributed by atoms with van der Waals surface area (Å²) in [5.41, 5.74) is 1.76. The van der Waals surface area contributed by atoms with Crippen LogP contribution >= 0.6 is 11.8 Å². The quantitative estimate of drug-likeness (QED) is 0.727. The number of fused-ring (bicyclic) bond motifs is 1. The Bertz CT molecular complexity index is 476. The molecule has 2 rings (SSSR count). The third kappa shape index (κ3) is 1.91. The molecule has 16 heavy (non-hydrogen) atoms. The lowest BCUT2D eigenvalue weighted by Crippen LogP contribution is -2.18. The topological polar surface area (TPSA) is 27.0 Å². The minimum Gasteiger partial charge on any atom is -0.250 e. The molecule has 0 radical (unpaired) electrons. The zero-order chi connectivity index (χ0) is 11.5. The lowest BCUT2D eigenvalue weighted by atomic mass is 10.2. The highest BCUT2D eigenvalue weighted by atomic mass is 32.2. The molecule has 1 aliphatic heterocycles. The molecule has 0 bridgehead atoms. The third-order valence-corrected chi connectivity index (χ3v) is 3.35. The van der Waals surface area contributed by atoms with E-state index in [2.05, 4.69) is 13.1 Å². The van der Waals surface area contributed by atoms with Gasteiger partial charge in [-0.2, -0.15) is 5.26 Å². The molecule has 0 atom stereocenters. The highest BCUT2D eigenvalue weighted by Gasteiger charge is 2.19. The van der Waals surface area contributed by atoms with Crippen molar-refractivity contribution in [3.8, 4) is 6.19 Å². The summed E-state index contributed by atoms with van der Waals surface area (Å²) in [5, 5.41) is 11.1. The molecule has 0 spiro atoms. The SMILES string of the molecule is CCCC1=CSc2cc(F)ccc2N1C#N. The van der Waals surface area contributed by atoms with Crippen molar-refractivity contribution in [3.63, 3.8) is 0 Å². The fourth-order valence-corrected chi connectivity index (χ4v) is 2.60. The van der Waals surface area contributed by atoms with E-state index in [9.17, 15) is 4.39 Å². The average molecular weight is 234 g/mol. The summed E-state index contributed by atoms with van der Waals surface area (Å²) in [6, 6.07) is 4.51. The molecule has 0 N–H and O–H groups in total. The van der Waals surface area contributed by atoms with E-state index < -0.39 is 0 Å². The van der Waals surface area contributed by atoms with Crippen molar-refractivity contribution in [1.82, 2.24) is 0 Å². The standard InChI is InChI=1S/C12H11FN2S/c1-2-3-10-7-16-12-6-9(13)4-5-11(12)15(10)8-14/h4-7H,2-3H2,1H3. The van der Waals surface area contributed by atoms with Gasteiger partial charge in [0.2, 0.25) is 0 Å². The second kappa shape index (κ2) is 4.58. The van der Waals surface area contributed by atoms with Crippen LogP contribution < -0.4 is 4.90 Å². The first-order valence-corrected chi connectivity index (χ1v) is 5.99. The van der Waals surface area contributed by atoms with Gasteiger partial charge in [0.05, 0.1) is 5.69 Å². The number of hydrogen-bond donors (Lipinski definition) is 0. The van der Waals surface area contributed by atoms with Gasteiger partial charge >= 0.3 is 0 Å². The molecule has 0 saturated heterocycles. The van der Waals surface area contributed by atoms with Crippen LogP contribution in [0.15, 0.2) is 34.2 Å². The van der Waals surface area contributed by atoms with E-state index in [-0.39, 0.29) is 5.82 Å². The van der Waals surface area contributed by atoms with Crippen LogP contribution in [0.25, 0.3) is 0 Å². The van der Waals surface area contributed by atoms with Crippen molar-refractivity contribution in [2.24, 2.45) is 0 Å². The van der Waals surface area contributed by atoms with Crippen LogP contribution in [-0.2, 0) is 0 Å². The Kier molecular flexibility index (Phi) is 3.16. The number of hydrogen-bond acceptors (Lipinski definition) is 3. The van der Waals surface area contributed by atoms with Crippen LogP contribution in [0.3, 0.4) is 0 Å². The Labute approximate surface area is 98.4 Å². The smallest absolute Gasteiger partial charge is 0.189 e. The molecule has 0 saturated carbocycles. The lowest BCUT2D eigenvalue weighted by molar-refractivity contribution is 0.624. The molecule has 0 fully saturated rings. The van der Waals surface area contributed by atoms with E-state index >= 15 is 0 Å². The Morgan fingerprint density at radius 3 is 3.00 bits per heavy atom. The Balaban J connectivity index is 2.41. The Morgan fingerprint density at radius 1 is 1.50 bits per heavy atom. The summed E-state index contributed by atoms with van der Waals surface area (Å²) >= 11 is 1.48. The lowest BCUT2D eigenvalue weighted by Gasteiger charge is -2.25. The number of thioether (sulfide) groups is 1. The molecule has 4 heteroatoms. The minimum atomic E-state index is -0.267. The van der Waals surface area contributed by atoms with Gasteiger partial charge in [-0.3, -0.25) is 4.90 Å². The van der Waals surface area contributed by atoms with E-state index in [1.54, 1.807) is 11.0 Å². The first-order chi connectivity index (χ1) is 7.76. The second-order valence-corrected chi connectivity index (χ2v) is 4.44. The predicted octanol–water partition coefficient (Wildman–Crippen LogP) is 3.86. The summed E-state index contributed by atoms with van der Waals surface area (Å²) in [7, 11) is 0. The van der Waals surface area contributed by atoms with Gasteiger partial charge in [-0.1, -0.05) is 25.1 Å². The maximum absolute atomic E-state index is 13.0. The van der Waals surface area contributed by atoms with Crippen LogP contribution in [0.1, 0.15) is 19.8 Å².